The van der Waals surface area contributed by atoms with E-state index in [4.69, 9.17) is 9.47 Å². The molecule has 4 rings (SSSR count). The molecule has 0 bridgehead atoms. The lowest BCUT2D eigenvalue weighted by molar-refractivity contribution is 0.304. The Morgan fingerprint density at radius 2 is 1.53 bits per heavy atom. The number of ether oxygens (including phenoxy) is 2. The smallest absolute Gasteiger partial charge is 0.148 e. The van der Waals surface area contributed by atoms with E-state index < -0.39 is 10.1 Å². The summed E-state index contributed by atoms with van der Waals surface area (Å²) in [4.78, 5) is -0.362. The third-order valence-electron chi connectivity index (χ3n) is 5.17. The molecule has 6 heteroatoms. The van der Waals surface area contributed by atoms with Gasteiger partial charge in [-0.05, 0) is 53.1 Å². The van der Waals surface area contributed by atoms with Gasteiger partial charge in [-0.15, -0.1) is 0 Å². The molecule has 0 fully saturated rings. The highest BCUT2D eigenvalue weighted by Crippen LogP contribution is 2.36. The van der Waals surface area contributed by atoms with E-state index >= 15 is 0 Å². The molecular formula is C26H23O5S-. The summed E-state index contributed by atoms with van der Waals surface area (Å²) in [7, 11) is -4.72. The number of benzene rings is 4. The van der Waals surface area contributed by atoms with Crippen LogP contribution < -0.4 is 9.47 Å². The predicted octanol–water partition coefficient (Wildman–Crippen LogP) is 6.07. The summed E-state index contributed by atoms with van der Waals surface area (Å²) >= 11 is 0. The molecule has 0 heterocycles. The van der Waals surface area contributed by atoms with Gasteiger partial charge in [0.25, 0.3) is 0 Å². The number of hydrogen-bond donors (Lipinski definition) is 0. The van der Waals surface area contributed by atoms with Gasteiger partial charge in [-0.3, -0.25) is 0 Å². The molecule has 0 aliphatic carbocycles. The molecule has 164 valence electrons. The molecular weight excluding hydrogens is 424 g/mol. The number of para-hydroxylation sites is 1. The van der Waals surface area contributed by atoms with Crippen LogP contribution in [0.3, 0.4) is 0 Å². The second kappa shape index (κ2) is 9.42. The highest BCUT2D eigenvalue weighted by molar-refractivity contribution is 7.85. The maximum atomic E-state index is 11.9. The van der Waals surface area contributed by atoms with E-state index in [0.29, 0.717) is 23.5 Å². The normalized spacial score (nSPS) is 11.4. The molecule has 0 radical (unpaired) electrons. The van der Waals surface area contributed by atoms with E-state index in [1.807, 2.05) is 55.5 Å². The van der Waals surface area contributed by atoms with Crippen molar-refractivity contribution < 1.29 is 22.4 Å². The lowest BCUT2D eigenvalue weighted by Crippen LogP contribution is -2.08. The van der Waals surface area contributed by atoms with Gasteiger partial charge in [-0.1, -0.05) is 67.9 Å². The molecule has 5 nitrogen and oxygen atoms in total. The van der Waals surface area contributed by atoms with Gasteiger partial charge in [0.1, 0.15) is 34.0 Å². The fourth-order valence-corrected chi connectivity index (χ4v) is 4.27. The fourth-order valence-electron chi connectivity index (χ4n) is 3.64. The Morgan fingerprint density at radius 3 is 2.25 bits per heavy atom. The van der Waals surface area contributed by atoms with Crippen LogP contribution in [-0.2, 0) is 23.1 Å². The molecule has 0 spiro atoms. The molecule has 0 saturated carbocycles. The van der Waals surface area contributed by atoms with Gasteiger partial charge >= 0.3 is 0 Å². The maximum Gasteiger partial charge on any atom is 0.148 e. The monoisotopic (exact) mass is 447 g/mol. The summed E-state index contributed by atoms with van der Waals surface area (Å²) in [5, 5.41) is 2.19. The van der Waals surface area contributed by atoms with E-state index in [-0.39, 0.29) is 17.3 Å². The summed E-state index contributed by atoms with van der Waals surface area (Å²) in [6.07, 6.45) is 1.29. The van der Waals surface area contributed by atoms with Gasteiger partial charge < -0.3 is 14.0 Å². The van der Waals surface area contributed by atoms with Crippen LogP contribution in [0.1, 0.15) is 24.5 Å². The van der Waals surface area contributed by atoms with Crippen LogP contribution in [0.5, 0.6) is 17.2 Å². The minimum absolute atomic E-state index is 0.0765. The molecule has 4 aromatic carbocycles. The van der Waals surface area contributed by atoms with Crippen LogP contribution >= 0.6 is 0 Å². The van der Waals surface area contributed by atoms with Gasteiger partial charge in [0.2, 0.25) is 0 Å². The first kappa shape index (κ1) is 21.9. The Kier molecular flexibility index (Phi) is 6.44. The molecule has 0 atom stereocenters. The molecule has 0 aromatic heterocycles. The molecule has 0 aliphatic rings. The van der Waals surface area contributed by atoms with Crippen LogP contribution in [0.2, 0.25) is 0 Å². The first-order valence-electron chi connectivity index (χ1n) is 10.4. The van der Waals surface area contributed by atoms with Crippen molar-refractivity contribution >= 4 is 20.9 Å². The van der Waals surface area contributed by atoms with Crippen molar-refractivity contribution in [2.75, 3.05) is 0 Å². The lowest BCUT2D eigenvalue weighted by Gasteiger charge is -2.20. The molecule has 0 saturated heterocycles. The Morgan fingerprint density at radius 1 is 0.812 bits per heavy atom. The van der Waals surface area contributed by atoms with E-state index in [1.165, 1.54) is 6.07 Å². The Balaban J connectivity index is 1.71. The van der Waals surface area contributed by atoms with Gasteiger partial charge in [0, 0.05) is 5.56 Å². The molecule has 32 heavy (non-hydrogen) atoms. The zero-order chi connectivity index (χ0) is 22.6. The van der Waals surface area contributed by atoms with Crippen molar-refractivity contribution in [3.05, 3.63) is 96.1 Å². The fraction of sp³-hybridized carbons (Fsp3) is 0.154. The largest absolute Gasteiger partial charge is 0.744 e. The zero-order valence-electron chi connectivity index (χ0n) is 17.7. The average Bonchev–Trinajstić information content (AvgIpc) is 2.79. The highest BCUT2D eigenvalue weighted by Gasteiger charge is 2.19. The Labute approximate surface area is 188 Å². The molecule has 4 aromatic rings. The first-order chi connectivity index (χ1) is 15.5. The first-order valence-corrected chi connectivity index (χ1v) is 11.8. The number of fused-ring (bicyclic) bond motifs is 1. The van der Waals surface area contributed by atoms with Gasteiger partial charge in [-0.2, -0.15) is 0 Å². The van der Waals surface area contributed by atoms with Crippen molar-refractivity contribution in [1.82, 2.24) is 0 Å². The zero-order valence-corrected chi connectivity index (χ0v) is 18.5. The van der Waals surface area contributed by atoms with Gasteiger partial charge in [0.05, 0.1) is 4.90 Å². The van der Waals surface area contributed by atoms with Gasteiger partial charge in [-0.25, -0.2) is 8.42 Å². The predicted molar refractivity (Wildman–Crippen MR) is 123 cm³/mol. The quantitative estimate of drug-likeness (QED) is 0.307. The highest BCUT2D eigenvalue weighted by atomic mass is 32.2. The van der Waals surface area contributed by atoms with Crippen molar-refractivity contribution in [2.45, 2.75) is 31.3 Å². The molecule has 0 aliphatic heterocycles. The minimum Gasteiger partial charge on any atom is -0.744 e. The second-order valence-corrected chi connectivity index (χ2v) is 8.80. The van der Waals surface area contributed by atoms with Crippen molar-refractivity contribution in [2.24, 2.45) is 0 Å². The van der Waals surface area contributed by atoms with E-state index in [1.54, 1.807) is 30.3 Å². The lowest BCUT2D eigenvalue weighted by atomic mass is 10.0. The third kappa shape index (κ3) is 4.93. The van der Waals surface area contributed by atoms with Gasteiger partial charge in [0.15, 0.2) is 0 Å². The number of hydrogen-bond acceptors (Lipinski definition) is 5. The second-order valence-electron chi connectivity index (χ2n) is 7.45. The third-order valence-corrected chi connectivity index (χ3v) is 6.03. The summed E-state index contributed by atoms with van der Waals surface area (Å²) in [5.74, 6) is 1.24. The van der Waals surface area contributed by atoms with Crippen LogP contribution in [0, 0.1) is 0 Å². The van der Waals surface area contributed by atoms with Crippen LogP contribution in [0.25, 0.3) is 10.8 Å². The van der Waals surface area contributed by atoms with Crippen molar-refractivity contribution in [1.29, 1.82) is 0 Å². The minimum atomic E-state index is -4.72. The number of rotatable bonds is 8. The molecule has 0 amide bonds. The Bertz CT molecular complexity index is 1330. The summed E-state index contributed by atoms with van der Waals surface area (Å²) in [6.45, 7) is 2.21. The summed E-state index contributed by atoms with van der Waals surface area (Å²) in [5.41, 5.74) is 1.44. The topological polar surface area (TPSA) is 75.7 Å². The maximum absolute atomic E-state index is 11.9. The molecule has 0 N–H and O–H groups in total. The average molecular weight is 448 g/mol. The Hall–Kier alpha value is -3.35. The van der Waals surface area contributed by atoms with E-state index in [2.05, 4.69) is 0 Å². The summed E-state index contributed by atoms with van der Waals surface area (Å²) in [6, 6.07) is 25.6. The summed E-state index contributed by atoms with van der Waals surface area (Å²) < 4.78 is 47.8. The van der Waals surface area contributed by atoms with Crippen molar-refractivity contribution in [3.8, 4) is 17.2 Å². The van der Waals surface area contributed by atoms with Crippen LogP contribution in [0.15, 0.2) is 89.8 Å². The van der Waals surface area contributed by atoms with Crippen molar-refractivity contribution in [3.63, 3.8) is 0 Å². The van der Waals surface area contributed by atoms with Crippen LogP contribution in [0.4, 0.5) is 0 Å². The van der Waals surface area contributed by atoms with Crippen LogP contribution in [-0.4, -0.2) is 13.0 Å². The standard InChI is InChI=1S/C26H24O5S/c1-2-8-24-21(18-30-23-15-13-19-9-6-7-10-20(19)17-23)14-16-25(32(27,28)29)26(24)31-22-11-4-3-5-12-22/h3-7,9-17H,2,8,18H2,1H3,(H,27,28,29)/p-1. The van der Waals surface area contributed by atoms with E-state index in [9.17, 15) is 13.0 Å². The van der Waals surface area contributed by atoms with E-state index in [0.717, 1.165) is 22.8 Å². The molecule has 0 unspecified atom stereocenters. The SMILES string of the molecule is CCCc1c(COc2ccc3ccccc3c2)ccc(S(=O)(=O)[O-])c1Oc1ccccc1.